The molecule has 2 rings (SSSR count). The Balaban J connectivity index is 1.86. The highest BCUT2D eigenvalue weighted by Crippen LogP contribution is 2.16. The molecule has 0 unspecified atom stereocenters. The van der Waals surface area contributed by atoms with Gasteiger partial charge in [0.15, 0.2) is 0 Å². The van der Waals surface area contributed by atoms with Crippen LogP contribution < -0.4 is 10.2 Å². The van der Waals surface area contributed by atoms with Crippen molar-refractivity contribution in [1.29, 1.82) is 0 Å². The van der Waals surface area contributed by atoms with Gasteiger partial charge >= 0.3 is 0 Å². The molecule has 0 atom stereocenters. The molecule has 84 valence electrons. The van der Waals surface area contributed by atoms with E-state index in [1.807, 2.05) is 0 Å². The molecule has 5 nitrogen and oxygen atoms in total. The molecule has 0 radical (unpaired) electrons. The summed E-state index contributed by atoms with van der Waals surface area (Å²) >= 11 is 0. The lowest BCUT2D eigenvalue weighted by Gasteiger charge is -2.09. The summed E-state index contributed by atoms with van der Waals surface area (Å²) in [5.41, 5.74) is 0. The highest BCUT2D eigenvalue weighted by molar-refractivity contribution is 5.28. The SMILES string of the molecule is CCNCCc1nc(N2CCCC2)no1. The molecule has 5 heteroatoms. The Morgan fingerprint density at radius 3 is 2.93 bits per heavy atom. The van der Waals surface area contributed by atoms with Crippen LogP contribution >= 0.6 is 0 Å². The van der Waals surface area contributed by atoms with Crippen LogP contribution in [0.25, 0.3) is 0 Å². The quantitative estimate of drug-likeness (QED) is 0.729. The lowest BCUT2D eigenvalue weighted by Crippen LogP contribution is -2.19. The summed E-state index contributed by atoms with van der Waals surface area (Å²) in [7, 11) is 0. The summed E-state index contributed by atoms with van der Waals surface area (Å²) in [6, 6.07) is 0. The summed E-state index contributed by atoms with van der Waals surface area (Å²) < 4.78 is 5.18. The van der Waals surface area contributed by atoms with Crippen LogP contribution in [0.1, 0.15) is 25.7 Å². The zero-order valence-corrected chi connectivity index (χ0v) is 9.20. The average Bonchev–Trinajstić information content (AvgIpc) is 2.87. The van der Waals surface area contributed by atoms with Crippen LogP contribution in [-0.2, 0) is 6.42 Å². The van der Waals surface area contributed by atoms with Crippen molar-refractivity contribution in [3.8, 4) is 0 Å². The largest absolute Gasteiger partial charge is 0.338 e. The predicted octanol–water partition coefficient (Wildman–Crippen LogP) is 0.822. The van der Waals surface area contributed by atoms with E-state index in [1.54, 1.807) is 0 Å². The fraction of sp³-hybridized carbons (Fsp3) is 0.800. The van der Waals surface area contributed by atoms with Gasteiger partial charge in [-0.05, 0) is 24.5 Å². The zero-order valence-electron chi connectivity index (χ0n) is 9.20. The molecule has 1 aliphatic rings. The number of nitrogens with zero attached hydrogens (tertiary/aromatic N) is 3. The van der Waals surface area contributed by atoms with E-state index in [1.165, 1.54) is 12.8 Å². The van der Waals surface area contributed by atoms with Gasteiger partial charge in [0.25, 0.3) is 5.95 Å². The van der Waals surface area contributed by atoms with E-state index in [9.17, 15) is 0 Å². The van der Waals surface area contributed by atoms with Gasteiger partial charge in [0.05, 0.1) is 0 Å². The van der Waals surface area contributed by atoms with E-state index in [-0.39, 0.29) is 0 Å². The number of rotatable bonds is 5. The van der Waals surface area contributed by atoms with Crippen LogP contribution in [0.3, 0.4) is 0 Å². The number of likely N-dealkylation sites (N-methyl/N-ethyl adjacent to an activating group) is 1. The monoisotopic (exact) mass is 210 g/mol. The molecule has 0 aliphatic carbocycles. The van der Waals surface area contributed by atoms with Crippen LogP contribution in [0.4, 0.5) is 5.95 Å². The summed E-state index contributed by atoms with van der Waals surface area (Å²) in [5, 5.41) is 7.22. The first-order valence-corrected chi connectivity index (χ1v) is 5.68. The Labute approximate surface area is 89.8 Å². The molecule has 1 saturated heterocycles. The van der Waals surface area contributed by atoms with E-state index < -0.39 is 0 Å². The average molecular weight is 210 g/mol. The van der Waals surface area contributed by atoms with Gasteiger partial charge in [0, 0.05) is 26.1 Å². The third-order valence-electron chi connectivity index (χ3n) is 2.61. The molecule has 1 aromatic rings. The smallest absolute Gasteiger partial charge is 0.266 e. The fourth-order valence-corrected chi connectivity index (χ4v) is 1.77. The number of aromatic nitrogens is 2. The van der Waals surface area contributed by atoms with Crippen molar-refractivity contribution in [2.75, 3.05) is 31.1 Å². The van der Waals surface area contributed by atoms with Gasteiger partial charge in [-0.1, -0.05) is 6.92 Å². The maximum Gasteiger partial charge on any atom is 0.266 e. The second-order valence-corrected chi connectivity index (χ2v) is 3.79. The van der Waals surface area contributed by atoms with E-state index in [0.717, 1.165) is 44.4 Å². The molecule has 0 saturated carbocycles. The van der Waals surface area contributed by atoms with Gasteiger partial charge < -0.3 is 14.7 Å². The summed E-state index contributed by atoms with van der Waals surface area (Å²) in [6.07, 6.45) is 3.29. The van der Waals surface area contributed by atoms with Crippen molar-refractivity contribution < 1.29 is 4.52 Å². The van der Waals surface area contributed by atoms with Crippen molar-refractivity contribution in [3.63, 3.8) is 0 Å². The molecule has 1 aliphatic heterocycles. The molecule has 0 aromatic carbocycles. The topological polar surface area (TPSA) is 54.2 Å². The highest BCUT2D eigenvalue weighted by atomic mass is 16.5. The third-order valence-corrected chi connectivity index (χ3v) is 2.61. The highest BCUT2D eigenvalue weighted by Gasteiger charge is 2.17. The summed E-state index contributed by atoms with van der Waals surface area (Å²) in [6.45, 7) is 6.09. The second-order valence-electron chi connectivity index (χ2n) is 3.79. The fourth-order valence-electron chi connectivity index (χ4n) is 1.77. The molecule has 0 spiro atoms. The van der Waals surface area contributed by atoms with Crippen molar-refractivity contribution >= 4 is 5.95 Å². The van der Waals surface area contributed by atoms with Crippen LogP contribution in [-0.4, -0.2) is 36.3 Å². The van der Waals surface area contributed by atoms with Crippen molar-refractivity contribution in [3.05, 3.63) is 5.89 Å². The molecule has 1 aromatic heterocycles. The van der Waals surface area contributed by atoms with Crippen LogP contribution in [0.15, 0.2) is 4.52 Å². The van der Waals surface area contributed by atoms with E-state index in [4.69, 9.17) is 4.52 Å². The van der Waals surface area contributed by atoms with Crippen LogP contribution in [0.2, 0.25) is 0 Å². The Kier molecular flexibility index (Phi) is 3.55. The van der Waals surface area contributed by atoms with Crippen molar-refractivity contribution in [2.24, 2.45) is 0 Å². The summed E-state index contributed by atoms with van der Waals surface area (Å²) in [4.78, 5) is 6.55. The molecule has 15 heavy (non-hydrogen) atoms. The van der Waals surface area contributed by atoms with E-state index in [2.05, 4.69) is 27.3 Å². The maximum atomic E-state index is 5.18. The Bertz CT molecular complexity index is 293. The van der Waals surface area contributed by atoms with E-state index >= 15 is 0 Å². The Hall–Kier alpha value is -1.10. The molecular formula is C10H18N4O. The lowest BCUT2D eigenvalue weighted by molar-refractivity contribution is 0.375. The first kappa shape index (κ1) is 10.4. The molecule has 0 amide bonds. The van der Waals surface area contributed by atoms with Crippen molar-refractivity contribution in [2.45, 2.75) is 26.2 Å². The molecule has 2 heterocycles. The normalized spacial score (nSPS) is 16.2. The zero-order chi connectivity index (χ0) is 10.5. The Morgan fingerprint density at radius 1 is 1.40 bits per heavy atom. The Morgan fingerprint density at radius 2 is 2.20 bits per heavy atom. The minimum Gasteiger partial charge on any atom is -0.338 e. The molecule has 1 fully saturated rings. The second kappa shape index (κ2) is 5.11. The number of nitrogens with one attached hydrogen (secondary N) is 1. The molecule has 1 N–H and O–H groups in total. The maximum absolute atomic E-state index is 5.18. The van der Waals surface area contributed by atoms with Crippen molar-refractivity contribution in [1.82, 2.24) is 15.5 Å². The van der Waals surface area contributed by atoms with E-state index in [0.29, 0.717) is 0 Å². The van der Waals surface area contributed by atoms with Gasteiger partial charge in [-0.15, -0.1) is 0 Å². The van der Waals surface area contributed by atoms with Crippen LogP contribution in [0, 0.1) is 0 Å². The molecular weight excluding hydrogens is 192 g/mol. The van der Waals surface area contributed by atoms with Gasteiger partial charge in [0.1, 0.15) is 0 Å². The number of hydrogen-bond donors (Lipinski definition) is 1. The predicted molar refractivity (Wildman–Crippen MR) is 58.0 cm³/mol. The van der Waals surface area contributed by atoms with Gasteiger partial charge in [-0.2, -0.15) is 4.98 Å². The lowest BCUT2D eigenvalue weighted by atomic mass is 10.4. The van der Waals surface area contributed by atoms with Gasteiger partial charge in [0.2, 0.25) is 5.89 Å². The first-order chi connectivity index (χ1) is 7.40. The summed E-state index contributed by atoms with van der Waals surface area (Å²) in [5.74, 6) is 1.50. The van der Waals surface area contributed by atoms with Gasteiger partial charge in [-0.25, -0.2) is 0 Å². The minimum atomic E-state index is 0.734. The standard InChI is InChI=1S/C10H18N4O/c1-2-11-6-5-9-12-10(13-15-9)14-7-3-4-8-14/h11H,2-8H2,1H3. The third kappa shape index (κ3) is 2.68. The number of hydrogen-bond acceptors (Lipinski definition) is 5. The number of anilines is 1. The minimum absolute atomic E-state index is 0.734. The molecule has 0 bridgehead atoms. The van der Waals surface area contributed by atoms with Gasteiger partial charge in [-0.3, -0.25) is 0 Å². The first-order valence-electron chi connectivity index (χ1n) is 5.68. The van der Waals surface area contributed by atoms with Crippen LogP contribution in [0.5, 0.6) is 0 Å².